The van der Waals surface area contributed by atoms with Crippen molar-refractivity contribution < 1.29 is 19.1 Å². The lowest BCUT2D eigenvalue weighted by atomic mass is 10.2. The highest BCUT2D eigenvalue weighted by atomic mass is 16.5. The molecule has 0 radical (unpaired) electrons. The molecule has 0 unspecified atom stereocenters. The lowest BCUT2D eigenvalue weighted by Crippen LogP contribution is -2.31. The topological polar surface area (TPSA) is 89.0 Å². The predicted molar refractivity (Wildman–Crippen MR) is 87.4 cm³/mol. The summed E-state index contributed by atoms with van der Waals surface area (Å²) in [7, 11) is 1.53. The molecule has 0 fully saturated rings. The zero-order valence-corrected chi connectivity index (χ0v) is 13.1. The maximum atomic E-state index is 11.5. The number of benzene rings is 1. The van der Waals surface area contributed by atoms with E-state index in [2.05, 4.69) is 22.4 Å². The number of amides is 2. The maximum absolute atomic E-state index is 11.5. The van der Waals surface area contributed by atoms with Crippen LogP contribution in [0.4, 0.5) is 0 Å². The van der Waals surface area contributed by atoms with E-state index in [9.17, 15) is 9.59 Å². The van der Waals surface area contributed by atoms with Gasteiger partial charge in [-0.2, -0.15) is 5.10 Å². The fourth-order valence-corrected chi connectivity index (χ4v) is 1.52. The van der Waals surface area contributed by atoms with Crippen molar-refractivity contribution in [2.45, 2.75) is 6.42 Å². The number of ether oxygens (including phenoxy) is 2. The van der Waals surface area contributed by atoms with Crippen molar-refractivity contribution in [2.24, 2.45) is 5.10 Å². The molecule has 23 heavy (non-hydrogen) atoms. The average molecular weight is 319 g/mol. The van der Waals surface area contributed by atoms with Crippen molar-refractivity contribution in [2.75, 3.05) is 26.9 Å². The fourth-order valence-electron chi connectivity index (χ4n) is 1.52. The van der Waals surface area contributed by atoms with Gasteiger partial charge in [0.15, 0.2) is 0 Å². The van der Waals surface area contributed by atoms with Gasteiger partial charge in [-0.1, -0.05) is 12.7 Å². The van der Waals surface area contributed by atoms with Gasteiger partial charge in [0.1, 0.15) is 18.8 Å². The van der Waals surface area contributed by atoms with Crippen molar-refractivity contribution >= 4 is 18.0 Å². The van der Waals surface area contributed by atoms with Crippen molar-refractivity contribution in [3.05, 3.63) is 42.5 Å². The molecule has 0 bridgehead atoms. The number of nitrogens with zero attached hydrogens (tertiary/aromatic N) is 1. The highest BCUT2D eigenvalue weighted by Crippen LogP contribution is 2.10. The Balaban J connectivity index is 2.32. The Kier molecular flexibility index (Phi) is 8.77. The van der Waals surface area contributed by atoms with Gasteiger partial charge in [-0.3, -0.25) is 9.59 Å². The molecule has 0 saturated heterocycles. The molecule has 0 heterocycles. The molecule has 0 aromatic heterocycles. The predicted octanol–water partition coefficient (Wildman–Crippen LogP) is 0.854. The molecular formula is C16H21N3O4. The molecule has 0 aliphatic rings. The third-order valence-corrected chi connectivity index (χ3v) is 2.60. The fraction of sp³-hybridized carbons (Fsp3) is 0.312. The number of hydrogen-bond acceptors (Lipinski definition) is 5. The third-order valence-electron chi connectivity index (χ3n) is 2.60. The zero-order chi connectivity index (χ0) is 16.9. The van der Waals surface area contributed by atoms with Crippen LogP contribution in [0.1, 0.15) is 12.0 Å². The van der Waals surface area contributed by atoms with E-state index in [0.29, 0.717) is 19.8 Å². The molecule has 1 aromatic carbocycles. The van der Waals surface area contributed by atoms with Crippen LogP contribution in [0, 0.1) is 0 Å². The first-order valence-electron chi connectivity index (χ1n) is 7.07. The largest absolute Gasteiger partial charge is 0.490 e. The van der Waals surface area contributed by atoms with Crippen LogP contribution in [-0.2, 0) is 14.3 Å². The van der Waals surface area contributed by atoms with E-state index < -0.39 is 5.91 Å². The molecule has 0 spiro atoms. The van der Waals surface area contributed by atoms with Crippen LogP contribution in [0.5, 0.6) is 5.75 Å². The number of methoxy groups -OCH3 is 1. The van der Waals surface area contributed by atoms with Gasteiger partial charge >= 0.3 is 0 Å². The summed E-state index contributed by atoms with van der Waals surface area (Å²) >= 11 is 0. The molecule has 1 rings (SSSR count). The summed E-state index contributed by atoms with van der Waals surface area (Å²) in [5.74, 6) is -0.139. The molecule has 7 heteroatoms. The SMILES string of the molecule is C=CCOc1ccc(/C=N/NC(=O)CC(=O)NCCOC)cc1. The van der Waals surface area contributed by atoms with Crippen LogP contribution in [0.25, 0.3) is 0 Å². The zero-order valence-electron chi connectivity index (χ0n) is 13.1. The minimum Gasteiger partial charge on any atom is -0.490 e. The van der Waals surface area contributed by atoms with Crippen molar-refractivity contribution in [3.63, 3.8) is 0 Å². The lowest BCUT2D eigenvalue weighted by Gasteiger charge is -2.04. The quantitative estimate of drug-likeness (QED) is 0.220. The van der Waals surface area contributed by atoms with Crippen LogP contribution in [0.15, 0.2) is 42.0 Å². The Bertz CT molecular complexity index is 541. The second-order valence-corrected chi connectivity index (χ2v) is 4.48. The summed E-state index contributed by atoms with van der Waals surface area (Å²) in [6.07, 6.45) is 2.86. The van der Waals surface area contributed by atoms with Gasteiger partial charge in [0.25, 0.3) is 0 Å². The number of carbonyl (C=O) groups excluding carboxylic acids is 2. The number of rotatable bonds is 10. The Morgan fingerprint density at radius 1 is 1.26 bits per heavy atom. The molecule has 7 nitrogen and oxygen atoms in total. The maximum Gasteiger partial charge on any atom is 0.249 e. The molecular weight excluding hydrogens is 298 g/mol. The van der Waals surface area contributed by atoms with Crippen LogP contribution < -0.4 is 15.5 Å². The average Bonchev–Trinajstić information content (AvgIpc) is 2.54. The number of hydrogen-bond donors (Lipinski definition) is 2. The molecule has 2 N–H and O–H groups in total. The van der Waals surface area contributed by atoms with Crippen molar-refractivity contribution in [1.29, 1.82) is 0 Å². The smallest absolute Gasteiger partial charge is 0.249 e. The molecule has 0 atom stereocenters. The first kappa shape index (κ1) is 18.4. The first-order chi connectivity index (χ1) is 11.2. The first-order valence-corrected chi connectivity index (χ1v) is 7.07. The normalized spacial score (nSPS) is 10.3. The summed E-state index contributed by atoms with van der Waals surface area (Å²) < 4.78 is 10.1. The van der Waals surface area contributed by atoms with Crippen LogP contribution in [0.2, 0.25) is 0 Å². The standard InChI is InChI=1S/C16H21N3O4/c1-3-9-23-14-6-4-13(5-7-14)12-18-19-16(21)11-15(20)17-8-10-22-2/h3-7,12H,1,8-11H2,2H3,(H,17,20)(H,19,21)/b18-12+. The summed E-state index contributed by atoms with van der Waals surface area (Å²) in [4.78, 5) is 22.9. The van der Waals surface area contributed by atoms with Gasteiger partial charge in [0.05, 0.1) is 12.8 Å². The molecule has 2 amide bonds. The summed E-state index contributed by atoms with van der Waals surface area (Å²) in [5.41, 5.74) is 3.09. The van der Waals surface area contributed by atoms with Crippen LogP contribution >= 0.6 is 0 Å². The van der Waals surface area contributed by atoms with Gasteiger partial charge in [0, 0.05) is 13.7 Å². The van der Waals surface area contributed by atoms with Crippen molar-refractivity contribution in [1.82, 2.24) is 10.7 Å². The van der Waals surface area contributed by atoms with Gasteiger partial charge < -0.3 is 14.8 Å². The second-order valence-electron chi connectivity index (χ2n) is 4.48. The minimum absolute atomic E-state index is 0.282. The van der Waals surface area contributed by atoms with Crippen LogP contribution in [-0.4, -0.2) is 44.9 Å². The van der Waals surface area contributed by atoms with E-state index in [0.717, 1.165) is 11.3 Å². The Labute approximate surface area is 135 Å². The molecule has 0 aliphatic carbocycles. The Morgan fingerprint density at radius 2 is 2.00 bits per heavy atom. The van der Waals surface area contributed by atoms with Crippen LogP contribution in [0.3, 0.4) is 0 Å². The number of nitrogens with one attached hydrogen (secondary N) is 2. The molecule has 0 aliphatic heterocycles. The van der Waals surface area contributed by atoms with Crippen molar-refractivity contribution in [3.8, 4) is 5.75 Å². The Morgan fingerprint density at radius 3 is 2.65 bits per heavy atom. The number of hydrazone groups is 1. The summed E-state index contributed by atoms with van der Waals surface area (Å²) in [6.45, 7) is 4.78. The molecule has 124 valence electrons. The Hall–Kier alpha value is -2.67. The van der Waals surface area contributed by atoms with E-state index in [1.165, 1.54) is 13.3 Å². The summed E-state index contributed by atoms with van der Waals surface area (Å²) in [5, 5.41) is 6.34. The lowest BCUT2D eigenvalue weighted by molar-refractivity contribution is -0.129. The van der Waals surface area contributed by atoms with E-state index in [-0.39, 0.29) is 12.3 Å². The van der Waals surface area contributed by atoms with E-state index in [4.69, 9.17) is 9.47 Å². The van der Waals surface area contributed by atoms with E-state index >= 15 is 0 Å². The molecule has 0 saturated carbocycles. The monoisotopic (exact) mass is 319 g/mol. The highest BCUT2D eigenvalue weighted by Gasteiger charge is 2.07. The van der Waals surface area contributed by atoms with E-state index in [1.807, 2.05) is 0 Å². The van der Waals surface area contributed by atoms with Gasteiger partial charge in [0.2, 0.25) is 11.8 Å². The molecule has 1 aromatic rings. The van der Waals surface area contributed by atoms with Gasteiger partial charge in [-0.15, -0.1) is 0 Å². The minimum atomic E-state index is -0.484. The second kappa shape index (κ2) is 11.0. The van der Waals surface area contributed by atoms with Gasteiger partial charge in [-0.05, 0) is 29.8 Å². The van der Waals surface area contributed by atoms with Gasteiger partial charge in [-0.25, -0.2) is 5.43 Å². The number of carbonyl (C=O) groups is 2. The summed E-state index contributed by atoms with van der Waals surface area (Å²) in [6, 6.07) is 7.17. The highest BCUT2D eigenvalue weighted by molar-refractivity contribution is 5.97. The van der Waals surface area contributed by atoms with E-state index in [1.54, 1.807) is 30.3 Å². The third kappa shape index (κ3) is 8.37.